The number of aliphatic carboxylic acids is 1. The molecule has 1 aromatic heterocycles. The van der Waals surface area contributed by atoms with Crippen molar-refractivity contribution < 1.29 is 27.9 Å². The molecule has 0 unspecified atom stereocenters. The minimum atomic E-state index is -3.62. The zero-order chi connectivity index (χ0) is 30.9. The van der Waals surface area contributed by atoms with Gasteiger partial charge in [-0.2, -0.15) is 9.19 Å². The number of piperidine rings is 1. The van der Waals surface area contributed by atoms with Crippen LogP contribution >= 0.6 is 0 Å². The Labute approximate surface area is 252 Å². The van der Waals surface area contributed by atoms with Gasteiger partial charge in [0.2, 0.25) is 0 Å². The zero-order valence-electron chi connectivity index (χ0n) is 24.6. The summed E-state index contributed by atoms with van der Waals surface area (Å²) in [5.41, 5.74) is 2.93. The number of fused-ring (bicyclic) bond motifs is 2. The smallest absolute Gasteiger partial charge is 0.326 e. The first kappa shape index (κ1) is 30.5. The van der Waals surface area contributed by atoms with Gasteiger partial charge in [-0.25, -0.2) is 22.8 Å². The van der Waals surface area contributed by atoms with E-state index in [1.807, 2.05) is 24.3 Å². The number of nitrogens with zero attached hydrogens (tertiary/aromatic N) is 4. The second-order valence-electron chi connectivity index (χ2n) is 12.5. The summed E-state index contributed by atoms with van der Waals surface area (Å²) in [6, 6.07) is 11.5. The number of carbonyl (C=O) groups excluding carboxylic acids is 2. The lowest BCUT2D eigenvalue weighted by Crippen LogP contribution is -2.54. The number of aromatic nitrogens is 2. The number of amides is 4. The fourth-order valence-electron chi connectivity index (χ4n) is 5.50. The van der Waals surface area contributed by atoms with Crippen molar-refractivity contribution in [2.45, 2.75) is 63.6 Å². The first-order valence-electron chi connectivity index (χ1n) is 14.4. The molecule has 12 nitrogen and oxygen atoms in total. The second kappa shape index (κ2) is 12.0. The highest BCUT2D eigenvalue weighted by molar-refractivity contribution is 7.90. The highest BCUT2D eigenvalue weighted by Gasteiger charge is 2.33. The van der Waals surface area contributed by atoms with Gasteiger partial charge in [0.05, 0.1) is 17.5 Å². The van der Waals surface area contributed by atoms with Crippen molar-refractivity contribution in [2.75, 3.05) is 24.2 Å². The third-order valence-electron chi connectivity index (χ3n) is 8.06. The molecular formula is C29H38N6O6SSi. The number of carboxylic acids is 1. The van der Waals surface area contributed by atoms with Gasteiger partial charge in [0.1, 0.15) is 6.04 Å². The fourth-order valence-corrected chi connectivity index (χ4v) is 9.81. The summed E-state index contributed by atoms with van der Waals surface area (Å²) in [6.45, 7) is 7.64. The van der Waals surface area contributed by atoms with Crippen LogP contribution in [0.1, 0.15) is 24.0 Å². The number of carboxylic acid groups (broad SMARTS) is 1. The monoisotopic (exact) mass is 626 g/mol. The average Bonchev–Trinajstić information content (AvgIpc) is 3.39. The number of hydrogen-bond acceptors (Lipinski definition) is 6. The fraction of sp³-hybridized carbons (Fsp3) is 0.448. The van der Waals surface area contributed by atoms with Gasteiger partial charge in [0, 0.05) is 51.2 Å². The Morgan fingerprint density at radius 2 is 1.86 bits per heavy atom. The molecular weight excluding hydrogens is 589 g/mol. The molecule has 5 rings (SSSR count). The van der Waals surface area contributed by atoms with Gasteiger partial charge < -0.3 is 25.5 Å². The summed E-state index contributed by atoms with van der Waals surface area (Å²) < 4.78 is 26.9. The van der Waals surface area contributed by atoms with Crippen molar-refractivity contribution in [2.24, 2.45) is 0 Å². The van der Waals surface area contributed by atoms with E-state index in [-0.39, 0.29) is 24.2 Å². The minimum absolute atomic E-state index is 0.0187. The number of anilines is 1. The molecule has 0 aliphatic carbocycles. The Bertz CT molecular complexity index is 1640. The van der Waals surface area contributed by atoms with E-state index in [0.717, 1.165) is 15.3 Å². The Morgan fingerprint density at radius 1 is 1.14 bits per heavy atom. The summed E-state index contributed by atoms with van der Waals surface area (Å²) in [7, 11) is -5.19. The highest BCUT2D eigenvalue weighted by atomic mass is 32.2. The standard InChI is InChI=1S/C29H38N6O6SSi/c1-43(2,3)15-14-42(40,41)35-26-9-8-20(16-22(26)18-30-35)17-25(27(36)37)32-28(38)33-12-10-23(11-13-33)34-19-21-6-4-5-7-24(21)31-29(34)39/h4-9,16,18,23,25H,10-15,17,19H2,1-3H3,(H,31,39)(H,32,38)(H,36,37)/t25-/m1/s1. The number of nitrogens with one attached hydrogen (secondary N) is 2. The lowest BCUT2D eigenvalue weighted by atomic mass is 10.0. The first-order valence-corrected chi connectivity index (χ1v) is 19.8. The van der Waals surface area contributed by atoms with Crippen LogP contribution in [-0.2, 0) is 27.8 Å². The molecule has 43 heavy (non-hydrogen) atoms. The second-order valence-corrected chi connectivity index (χ2v) is 20.0. The number of rotatable bonds is 9. The summed E-state index contributed by atoms with van der Waals surface area (Å²) in [5.74, 6) is -1.15. The number of carbonyl (C=O) groups is 3. The highest BCUT2D eigenvalue weighted by Crippen LogP contribution is 2.28. The zero-order valence-corrected chi connectivity index (χ0v) is 26.4. The lowest BCUT2D eigenvalue weighted by Gasteiger charge is -2.40. The quantitative estimate of drug-likeness (QED) is 0.306. The van der Waals surface area contributed by atoms with Gasteiger partial charge in [-0.3, -0.25) is 0 Å². The largest absolute Gasteiger partial charge is 0.480 e. The van der Waals surface area contributed by atoms with E-state index in [1.165, 1.54) is 6.20 Å². The predicted molar refractivity (Wildman–Crippen MR) is 166 cm³/mol. The molecule has 230 valence electrons. The molecule has 0 saturated carbocycles. The van der Waals surface area contributed by atoms with Crippen LogP contribution < -0.4 is 10.6 Å². The molecule has 2 aliphatic rings. The molecule has 0 bridgehead atoms. The van der Waals surface area contributed by atoms with Gasteiger partial charge >= 0.3 is 18.0 Å². The summed E-state index contributed by atoms with van der Waals surface area (Å²) in [6.07, 6.45) is 2.66. The van der Waals surface area contributed by atoms with E-state index in [1.54, 1.807) is 28.0 Å². The Balaban J connectivity index is 1.19. The Morgan fingerprint density at radius 3 is 2.56 bits per heavy atom. The number of hydrogen-bond donors (Lipinski definition) is 3. The molecule has 0 spiro atoms. The van der Waals surface area contributed by atoms with Crippen molar-refractivity contribution in [3.63, 3.8) is 0 Å². The van der Waals surface area contributed by atoms with Gasteiger partial charge in [0.25, 0.3) is 10.0 Å². The predicted octanol–water partition coefficient (Wildman–Crippen LogP) is 3.77. The molecule has 14 heteroatoms. The van der Waals surface area contributed by atoms with Crippen molar-refractivity contribution in [1.82, 2.24) is 24.3 Å². The van der Waals surface area contributed by atoms with E-state index < -0.39 is 36.1 Å². The molecule has 3 N–H and O–H groups in total. The van der Waals surface area contributed by atoms with Crippen LogP contribution in [-0.4, -0.2) is 89.5 Å². The van der Waals surface area contributed by atoms with Gasteiger partial charge in [-0.1, -0.05) is 43.9 Å². The normalized spacial score (nSPS) is 17.0. The third kappa shape index (κ3) is 7.01. The van der Waals surface area contributed by atoms with Gasteiger partial charge in [0.15, 0.2) is 0 Å². The lowest BCUT2D eigenvalue weighted by molar-refractivity contribution is -0.139. The summed E-state index contributed by atoms with van der Waals surface area (Å²) >= 11 is 0. The van der Waals surface area contributed by atoms with Crippen molar-refractivity contribution in [3.8, 4) is 0 Å². The summed E-state index contributed by atoms with van der Waals surface area (Å²) in [5, 5.41) is 20.1. The van der Waals surface area contributed by atoms with E-state index in [4.69, 9.17) is 0 Å². The molecule has 4 amide bonds. The third-order valence-corrected chi connectivity index (χ3v) is 11.7. The molecule has 2 aliphatic heterocycles. The van der Waals surface area contributed by atoms with Crippen LogP contribution in [0.15, 0.2) is 48.7 Å². The SMILES string of the molecule is C[Si](C)(C)CCS(=O)(=O)n1ncc2cc(C[C@@H](NC(=O)N3CCC(N4Cc5ccccc5NC4=O)CC3)C(=O)O)ccc21. The van der Waals surface area contributed by atoms with E-state index in [0.29, 0.717) is 55.0 Å². The maximum atomic E-state index is 13.1. The van der Waals surface area contributed by atoms with Crippen LogP contribution in [0.25, 0.3) is 10.9 Å². The van der Waals surface area contributed by atoms with Crippen LogP contribution in [0.5, 0.6) is 0 Å². The molecule has 3 aromatic rings. The molecule has 3 heterocycles. The van der Waals surface area contributed by atoms with E-state index >= 15 is 0 Å². The number of para-hydroxylation sites is 1. The summed E-state index contributed by atoms with van der Waals surface area (Å²) in [4.78, 5) is 41.2. The van der Waals surface area contributed by atoms with E-state index in [9.17, 15) is 27.9 Å². The van der Waals surface area contributed by atoms with E-state index in [2.05, 4.69) is 35.4 Å². The van der Waals surface area contributed by atoms with Crippen molar-refractivity contribution in [3.05, 3.63) is 59.8 Å². The number of likely N-dealkylation sites (tertiary alicyclic amines) is 1. The maximum absolute atomic E-state index is 13.1. The molecule has 2 aromatic carbocycles. The number of benzene rings is 2. The van der Waals surface area contributed by atoms with Crippen molar-refractivity contribution in [1.29, 1.82) is 0 Å². The minimum Gasteiger partial charge on any atom is -0.480 e. The van der Waals surface area contributed by atoms with Crippen molar-refractivity contribution >= 4 is 52.7 Å². The van der Waals surface area contributed by atoms with Gasteiger partial charge in [-0.05, 0) is 48.2 Å². The molecule has 0 radical (unpaired) electrons. The van der Waals surface area contributed by atoms with Gasteiger partial charge in [-0.15, -0.1) is 0 Å². The van der Waals surface area contributed by atoms with Crippen LogP contribution in [0.3, 0.4) is 0 Å². The van der Waals surface area contributed by atoms with Crippen LogP contribution in [0.2, 0.25) is 25.7 Å². The Hall–Kier alpha value is -3.91. The Kier molecular flexibility index (Phi) is 8.52. The van der Waals surface area contributed by atoms with Crippen LogP contribution in [0.4, 0.5) is 15.3 Å². The maximum Gasteiger partial charge on any atom is 0.326 e. The molecule has 1 saturated heterocycles. The molecule has 1 fully saturated rings. The first-order chi connectivity index (χ1) is 20.3. The van der Waals surface area contributed by atoms with Crippen LogP contribution in [0, 0.1) is 0 Å². The molecule has 1 atom stereocenters. The number of urea groups is 2. The topological polar surface area (TPSA) is 154 Å². The average molecular weight is 627 g/mol.